The molecule has 0 unspecified atom stereocenters. The van der Waals surface area contributed by atoms with E-state index in [-0.39, 0.29) is 33.5 Å². The SMILES string of the molecule is [O]c1cc2c(cc1I)C(c1ccccc1S(=O)(=O)O)=C1C=C(I)C(O)=C=C1O2. The molecule has 2 aliphatic rings. The molecule has 6 nitrogen and oxygen atoms in total. The molecule has 0 saturated carbocycles. The summed E-state index contributed by atoms with van der Waals surface area (Å²) in [5.74, 6) is -0.000832. The van der Waals surface area contributed by atoms with Crippen LogP contribution in [0.4, 0.5) is 0 Å². The molecular formula is C19H9I2O6S. The average molecular weight is 619 g/mol. The van der Waals surface area contributed by atoms with Gasteiger partial charge in [0.2, 0.25) is 0 Å². The van der Waals surface area contributed by atoms with E-state index < -0.39 is 10.1 Å². The molecule has 141 valence electrons. The number of hydrogen-bond acceptors (Lipinski definition) is 4. The number of aliphatic hydroxyl groups excluding tert-OH is 1. The summed E-state index contributed by atoms with van der Waals surface area (Å²) in [4.78, 5) is -0.270. The second-order valence-corrected chi connectivity index (χ2v) is 9.65. The summed E-state index contributed by atoms with van der Waals surface area (Å²) < 4.78 is 40.4. The normalized spacial score (nSPS) is 15.8. The number of hydrogen-bond donors (Lipinski definition) is 2. The molecule has 28 heavy (non-hydrogen) atoms. The fraction of sp³-hybridized carbons (Fsp3) is 0. The van der Waals surface area contributed by atoms with Crippen molar-refractivity contribution in [3.8, 4) is 11.5 Å². The molecule has 0 aromatic heterocycles. The lowest BCUT2D eigenvalue weighted by molar-refractivity contribution is 0.346. The highest BCUT2D eigenvalue weighted by atomic mass is 127. The van der Waals surface area contributed by atoms with E-state index in [4.69, 9.17) is 4.74 Å². The topological polar surface area (TPSA) is 104 Å². The lowest BCUT2D eigenvalue weighted by Crippen LogP contribution is -2.13. The summed E-state index contributed by atoms with van der Waals surface area (Å²) in [6.45, 7) is 0. The van der Waals surface area contributed by atoms with Crippen molar-refractivity contribution in [2.75, 3.05) is 0 Å². The summed E-state index contributed by atoms with van der Waals surface area (Å²) in [6.07, 6.45) is 1.64. The summed E-state index contributed by atoms with van der Waals surface area (Å²) >= 11 is 3.83. The van der Waals surface area contributed by atoms with Gasteiger partial charge in [-0.15, -0.1) is 0 Å². The number of allylic oxidation sites excluding steroid dienone is 1. The molecule has 0 atom stereocenters. The minimum Gasteiger partial charge on any atom is -0.500 e. The lowest BCUT2D eigenvalue weighted by Gasteiger charge is -2.26. The van der Waals surface area contributed by atoms with Crippen molar-refractivity contribution < 1.29 is 27.9 Å². The molecule has 1 aliphatic heterocycles. The van der Waals surface area contributed by atoms with E-state index in [0.717, 1.165) is 0 Å². The summed E-state index contributed by atoms with van der Waals surface area (Å²) in [6, 6.07) is 8.93. The van der Waals surface area contributed by atoms with Gasteiger partial charge in [-0.05, 0) is 69.1 Å². The van der Waals surface area contributed by atoms with Gasteiger partial charge in [-0.3, -0.25) is 9.66 Å². The number of rotatable bonds is 2. The third kappa shape index (κ3) is 3.26. The molecule has 0 fully saturated rings. The van der Waals surface area contributed by atoms with Crippen LogP contribution in [0.1, 0.15) is 11.1 Å². The Hall–Kier alpha value is -1.79. The standard InChI is InChI=1S/C19H9I2O6S/c20-12-5-10-16(7-14(12)22)27-17-8-15(23)13(21)6-11(17)19(10)9-3-1-2-4-18(9)28(24,25)26/h1-7,23H,(H,24,25,26). The Morgan fingerprint density at radius 3 is 2.50 bits per heavy atom. The van der Waals surface area contributed by atoms with E-state index >= 15 is 0 Å². The molecule has 2 aromatic carbocycles. The summed E-state index contributed by atoms with van der Waals surface area (Å²) in [5.41, 5.74) is 4.41. The largest absolute Gasteiger partial charge is 0.500 e. The highest BCUT2D eigenvalue weighted by molar-refractivity contribution is 14.1. The zero-order chi connectivity index (χ0) is 20.2. The Labute approximate surface area is 187 Å². The van der Waals surface area contributed by atoms with Gasteiger partial charge in [-0.1, -0.05) is 18.2 Å². The third-order valence-electron chi connectivity index (χ3n) is 4.19. The van der Waals surface area contributed by atoms with Crippen LogP contribution in [0.25, 0.3) is 5.57 Å². The van der Waals surface area contributed by atoms with Gasteiger partial charge >= 0.3 is 0 Å². The zero-order valence-corrected chi connectivity index (χ0v) is 18.9. The fourth-order valence-corrected chi connectivity index (χ4v) is 4.63. The van der Waals surface area contributed by atoms with Crippen LogP contribution in [0.15, 0.2) is 73.8 Å². The van der Waals surface area contributed by atoms with Gasteiger partial charge in [0.05, 0.1) is 7.15 Å². The Balaban J connectivity index is 2.17. The monoisotopic (exact) mass is 619 g/mol. The summed E-state index contributed by atoms with van der Waals surface area (Å²) in [5, 5.41) is 22.1. The first kappa shape index (κ1) is 19.5. The van der Waals surface area contributed by atoms with E-state index in [0.29, 0.717) is 23.9 Å². The minimum absolute atomic E-state index is 0.127. The average Bonchev–Trinajstić information content (AvgIpc) is 2.62. The Kier molecular flexibility index (Phi) is 4.82. The van der Waals surface area contributed by atoms with E-state index in [9.17, 15) is 23.2 Å². The van der Waals surface area contributed by atoms with Gasteiger partial charge in [0.1, 0.15) is 10.6 Å². The maximum atomic E-state index is 12.1. The van der Waals surface area contributed by atoms with Crippen molar-refractivity contribution in [3.63, 3.8) is 0 Å². The van der Waals surface area contributed by atoms with Crippen LogP contribution in [-0.4, -0.2) is 18.1 Å². The Morgan fingerprint density at radius 1 is 1.07 bits per heavy atom. The van der Waals surface area contributed by atoms with Crippen molar-refractivity contribution >= 4 is 60.9 Å². The lowest BCUT2D eigenvalue weighted by atomic mass is 9.88. The van der Waals surface area contributed by atoms with Crippen LogP contribution < -0.4 is 4.74 Å². The Bertz CT molecular complexity index is 1280. The third-order valence-corrected chi connectivity index (χ3v) is 6.77. The van der Waals surface area contributed by atoms with Crippen LogP contribution in [0.5, 0.6) is 11.5 Å². The highest BCUT2D eigenvalue weighted by Crippen LogP contribution is 2.47. The van der Waals surface area contributed by atoms with Gasteiger partial charge in [0, 0.05) is 28.3 Å². The molecule has 2 N–H and O–H groups in total. The van der Waals surface area contributed by atoms with E-state index in [1.807, 2.05) is 45.2 Å². The van der Waals surface area contributed by atoms with Gasteiger partial charge in [-0.2, -0.15) is 8.42 Å². The maximum Gasteiger partial charge on any atom is 0.295 e. The predicted octanol–water partition coefficient (Wildman–Crippen LogP) is 5.13. The van der Waals surface area contributed by atoms with Gasteiger partial charge in [-0.25, -0.2) is 0 Å². The van der Waals surface area contributed by atoms with Crippen molar-refractivity contribution in [2.45, 2.75) is 4.90 Å². The van der Waals surface area contributed by atoms with Gasteiger partial charge in [0.25, 0.3) is 10.1 Å². The molecule has 0 bridgehead atoms. The second kappa shape index (κ2) is 6.92. The van der Waals surface area contributed by atoms with Gasteiger partial charge < -0.3 is 9.84 Å². The molecule has 4 rings (SSSR count). The molecule has 0 spiro atoms. The first-order valence-electron chi connectivity index (χ1n) is 7.74. The van der Waals surface area contributed by atoms with E-state index in [1.54, 1.807) is 24.3 Å². The molecule has 9 heteroatoms. The molecular weight excluding hydrogens is 610 g/mol. The van der Waals surface area contributed by atoms with Crippen molar-refractivity contribution in [3.05, 3.63) is 83.6 Å². The Morgan fingerprint density at radius 2 is 1.79 bits per heavy atom. The van der Waals surface area contributed by atoms with E-state index in [2.05, 4.69) is 5.73 Å². The highest BCUT2D eigenvalue weighted by Gasteiger charge is 2.31. The van der Waals surface area contributed by atoms with Crippen LogP contribution in [-0.2, 0) is 15.2 Å². The first-order valence-corrected chi connectivity index (χ1v) is 11.3. The minimum atomic E-state index is -4.51. The molecule has 0 amide bonds. The first-order chi connectivity index (χ1) is 13.2. The number of ether oxygens (including phenoxy) is 1. The molecule has 2 aromatic rings. The second-order valence-electron chi connectivity index (χ2n) is 5.94. The van der Waals surface area contributed by atoms with E-state index in [1.165, 1.54) is 18.2 Å². The molecule has 1 aliphatic carbocycles. The maximum absolute atomic E-state index is 12.1. The van der Waals surface area contributed by atoms with Crippen LogP contribution in [0, 0.1) is 3.57 Å². The number of aliphatic hydroxyl groups is 1. The number of halogens is 2. The zero-order valence-electron chi connectivity index (χ0n) is 13.7. The molecule has 0 saturated heterocycles. The number of fused-ring (bicyclic) bond motifs is 2. The number of benzene rings is 2. The van der Waals surface area contributed by atoms with Crippen molar-refractivity contribution in [2.24, 2.45) is 0 Å². The smallest absolute Gasteiger partial charge is 0.295 e. The quantitative estimate of drug-likeness (QED) is 0.276. The molecule has 1 heterocycles. The predicted molar refractivity (Wildman–Crippen MR) is 117 cm³/mol. The summed E-state index contributed by atoms with van der Waals surface area (Å²) in [7, 11) is -4.51. The fourth-order valence-electron chi connectivity index (χ4n) is 3.02. The van der Waals surface area contributed by atoms with Crippen LogP contribution in [0.3, 0.4) is 0 Å². The van der Waals surface area contributed by atoms with Gasteiger partial charge in [0.15, 0.2) is 17.3 Å². The van der Waals surface area contributed by atoms with Crippen LogP contribution >= 0.6 is 45.2 Å². The van der Waals surface area contributed by atoms with Crippen LogP contribution in [0.2, 0.25) is 0 Å². The molecule has 1 radical (unpaired) electrons. The van der Waals surface area contributed by atoms with Crippen molar-refractivity contribution in [1.29, 1.82) is 0 Å². The van der Waals surface area contributed by atoms with Crippen molar-refractivity contribution in [1.82, 2.24) is 0 Å².